The van der Waals surface area contributed by atoms with Gasteiger partial charge in [0.25, 0.3) is 0 Å². The van der Waals surface area contributed by atoms with Gasteiger partial charge in [0, 0.05) is 6.07 Å². The molecule has 1 atom stereocenters. The van der Waals surface area contributed by atoms with Gasteiger partial charge in [0.2, 0.25) is 11.8 Å². The number of alkyl halides is 3. The van der Waals surface area contributed by atoms with Crippen molar-refractivity contribution in [2.24, 2.45) is 0 Å². The summed E-state index contributed by atoms with van der Waals surface area (Å²) in [6.45, 7) is 1.88. The van der Waals surface area contributed by atoms with E-state index in [-0.39, 0.29) is 23.0 Å². The number of anilines is 1. The van der Waals surface area contributed by atoms with Gasteiger partial charge < -0.3 is 15.4 Å². The molecule has 2 N–H and O–H groups in total. The number of ether oxygens (including phenoxy) is 1. The average molecular weight is 418 g/mol. The second-order valence-electron chi connectivity index (χ2n) is 6.06. The zero-order valence-electron chi connectivity index (χ0n) is 15.3. The van der Waals surface area contributed by atoms with Crippen molar-refractivity contribution in [2.75, 3.05) is 5.32 Å². The van der Waals surface area contributed by atoms with E-state index in [9.17, 15) is 13.2 Å². The Hall–Kier alpha value is -3.20. The molecule has 0 bridgehead atoms. The molecular weight excluding hydrogens is 401 g/mol. The van der Waals surface area contributed by atoms with Crippen molar-refractivity contribution in [3.05, 3.63) is 78.0 Å². The van der Waals surface area contributed by atoms with Crippen LogP contribution in [0, 0.1) is 0 Å². The smallest absolute Gasteiger partial charge is 0.433 e. The summed E-state index contributed by atoms with van der Waals surface area (Å²) in [5.74, 6) is -0.216. The van der Waals surface area contributed by atoms with E-state index < -0.39 is 11.9 Å². The average Bonchev–Trinajstić information content (AvgIpc) is 2.68. The number of halogens is 3. The molecule has 0 aliphatic heterocycles. The lowest BCUT2D eigenvalue weighted by molar-refractivity contribution is -0.141. The third kappa shape index (κ3) is 5.89. The Kier molecular flexibility index (Phi) is 6.28. The highest BCUT2D eigenvalue weighted by molar-refractivity contribution is 7.80. The Morgan fingerprint density at radius 2 is 1.62 bits per heavy atom. The number of benzene rings is 2. The van der Waals surface area contributed by atoms with Crippen LogP contribution >= 0.6 is 12.2 Å². The van der Waals surface area contributed by atoms with Crippen LogP contribution in [0.25, 0.3) is 0 Å². The number of nitrogens with zero attached hydrogens (tertiary/aromatic N) is 2. The molecule has 3 aromatic rings. The van der Waals surface area contributed by atoms with Crippen LogP contribution in [0.15, 0.2) is 66.7 Å². The van der Waals surface area contributed by atoms with Gasteiger partial charge in [-0.25, -0.2) is 4.98 Å². The van der Waals surface area contributed by atoms with Crippen LogP contribution in [0.4, 0.5) is 19.1 Å². The van der Waals surface area contributed by atoms with Gasteiger partial charge in [0.1, 0.15) is 5.75 Å². The second kappa shape index (κ2) is 8.87. The van der Waals surface area contributed by atoms with Crippen molar-refractivity contribution in [1.82, 2.24) is 15.3 Å². The SMILES string of the molecule is CC(NC(=S)Nc1nc(Oc2ccccc2)cc(C(F)(F)F)n1)c1ccccc1. The van der Waals surface area contributed by atoms with E-state index in [0.717, 1.165) is 11.6 Å². The van der Waals surface area contributed by atoms with E-state index in [0.29, 0.717) is 5.75 Å². The van der Waals surface area contributed by atoms with E-state index in [2.05, 4.69) is 20.6 Å². The maximum Gasteiger partial charge on any atom is 0.433 e. The minimum Gasteiger partial charge on any atom is -0.439 e. The van der Waals surface area contributed by atoms with E-state index >= 15 is 0 Å². The Morgan fingerprint density at radius 1 is 1.00 bits per heavy atom. The summed E-state index contributed by atoms with van der Waals surface area (Å²) >= 11 is 5.20. The molecule has 150 valence electrons. The Bertz CT molecular complexity index is 968. The maximum atomic E-state index is 13.2. The van der Waals surface area contributed by atoms with Crippen molar-refractivity contribution in [3.8, 4) is 11.6 Å². The fraction of sp³-hybridized carbons (Fsp3) is 0.150. The normalized spacial score (nSPS) is 12.1. The Balaban J connectivity index is 1.78. The summed E-state index contributed by atoms with van der Waals surface area (Å²) in [7, 11) is 0. The summed E-state index contributed by atoms with van der Waals surface area (Å²) < 4.78 is 45.1. The van der Waals surface area contributed by atoms with Gasteiger partial charge >= 0.3 is 6.18 Å². The van der Waals surface area contributed by atoms with E-state index in [1.807, 2.05) is 37.3 Å². The van der Waals surface area contributed by atoms with Gasteiger partial charge in [-0.1, -0.05) is 48.5 Å². The maximum absolute atomic E-state index is 13.2. The molecule has 0 saturated heterocycles. The lowest BCUT2D eigenvalue weighted by atomic mass is 10.1. The number of nitrogens with one attached hydrogen (secondary N) is 2. The molecule has 1 heterocycles. The molecule has 0 saturated carbocycles. The molecule has 0 amide bonds. The number of hydrogen-bond acceptors (Lipinski definition) is 4. The van der Waals surface area contributed by atoms with Gasteiger partial charge in [0.05, 0.1) is 6.04 Å². The van der Waals surface area contributed by atoms with Crippen LogP contribution in [0.1, 0.15) is 24.2 Å². The van der Waals surface area contributed by atoms with Crippen molar-refractivity contribution in [1.29, 1.82) is 0 Å². The zero-order valence-corrected chi connectivity index (χ0v) is 16.1. The number of aromatic nitrogens is 2. The minimum atomic E-state index is -4.67. The number of hydrogen-bond donors (Lipinski definition) is 2. The highest BCUT2D eigenvalue weighted by Gasteiger charge is 2.34. The fourth-order valence-corrected chi connectivity index (χ4v) is 2.72. The van der Waals surface area contributed by atoms with Crippen molar-refractivity contribution < 1.29 is 17.9 Å². The molecule has 0 aliphatic rings. The van der Waals surface area contributed by atoms with Crippen LogP contribution in [-0.4, -0.2) is 15.1 Å². The lowest BCUT2D eigenvalue weighted by Crippen LogP contribution is -2.31. The first-order valence-electron chi connectivity index (χ1n) is 8.63. The van der Waals surface area contributed by atoms with Gasteiger partial charge in [-0.2, -0.15) is 18.2 Å². The molecule has 0 aliphatic carbocycles. The van der Waals surface area contributed by atoms with Crippen molar-refractivity contribution in [3.63, 3.8) is 0 Å². The predicted molar refractivity (Wildman–Crippen MR) is 108 cm³/mol. The molecule has 1 aromatic heterocycles. The molecule has 1 unspecified atom stereocenters. The summed E-state index contributed by atoms with van der Waals surface area (Å²) in [5, 5.41) is 5.68. The van der Waals surface area contributed by atoms with Gasteiger partial charge in [-0.3, -0.25) is 0 Å². The molecular formula is C20H17F3N4OS. The first-order chi connectivity index (χ1) is 13.8. The fourth-order valence-electron chi connectivity index (χ4n) is 2.45. The standard InChI is InChI=1S/C20H17F3N4OS/c1-13(14-8-4-2-5-9-14)24-19(29)27-18-25-16(20(21,22)23)12-17(26-18)28-15-10-6-3-7-11-15/h2-13H,1H3,(H2,24,25,26,27,29). The van der Waals surface area contributed by atoms with Crippen molar-refractivity contribution >= 4 is 23.3 Å². The molecule has 29 heavy (non-hydrogen) atoms. The molecule has 0 spiro atoms. The lowest BCUT2D eigenvalue weighted by Gasteiger charge is -2.17. The quantitative estimate of drug-likeness (QED) is 0.546. The minimum absolute atomic E-state index is 0.0892. The summed E-state index contributed by atoms with van der Waals surface area (Å²) in [5.41, 5.74) is -0.172. The first kappa shape index (κ1) is 20.5. The van der Waals surface area contributed by atoms with Gasteiger partial charge in [-0.05, 0) is 36.8 Å². The summed E-state index contributed by atoms with van der Waals surface area (Å²) in [4.78, 5) is 7.50. The third-order valence-electron chi connectivity index (χ3n) is 3.83. The van der Waals surface area contributed by atoms with Crippen LogP contribution < -0.4 is 15.4 Å². The summed E-state index contributed by atoms with van der Waals surface area (Å²) in [6.07, 6.45) is -4.67. The van der Waals surface area contributed by atoms with E-state index in [1.54, 1.807) is 30.3 Å². The molecule has 5 nitrogen and oxygen atoms in total. The number of para-hydroxylation sites is 1. The van der Waals surface area contributed by atoms with Crippen LogP contribution in [0.2, 0.25) is 0 Å². The van der Waals surface area contributed by atoms with Crippen LogP contribution in [0.5, 0.6) is 11.6 Å². The molecule has 2 aromatic carbocycles. The first-order valence-corrected chi connectivity index (χ1v) is 9.04. The monoisotopic (exact) mass is 418 g/mol. The molecule has 0 radical (unpaired) electrons. The molecule has 3 rings (SSSR count). The summed E-state index contributed by atoms with van der Waals surface area (Å²) in [6, 6.07) is 18.4. The molecule has 9 heteroatoms. The van der Waals surface area contributed by atoms with Gasteiger partial charge in [0.15, 0.2) is 10.8 Å². The highest BCUT2D eigenvalue weighted by Crippen LogP contribution is 2.31. The van der Waals surface area contributed by atoms with Crippen molar-refractivity contribution in [2.45, 2.75) is 19.1 Å². The van der Waals surface area contributed by atoms with E-state index in [4.69, 9.17) is 17.0 Å². The zero-order chi connectivity index (χ0) is 20.9. The largest absolute Gasteiger partial charge is 0.439 e. The van der Waals surface area contributed by atoms with Crippen LogP contribution in [0.3, 0.4) is 0 Å². The topological polar surface area (TPSA) is 59.1 Å². The highest BCUT2D eigenvalue weighted by atomic mass is 32.1. The third-order valence-corrected chi connectivity index (χ3v) is 4.05. The predicted octanol–water partition coefficient (Wildman–Crippen LogP) is 5.34. The van der Waals surface area contributed by atoms with E-state index in [1.165, 1.54) is 0 Å². The number of thiocarbonyl (C=S) groups is 1. The second-order valence-corrected chi connectivity index (χ2v) is 6.47. The van der Waals surface area contributed by atoms with Crippen LogP contribution in [-0.2, 0) is 6.18 Å². The van der Waals surface area contributed by atoms with Gasteiger partial charge in [-0.15, -0.1) is 0 Å². The Morgan fingerprint density at radius 3 is 2.24 bits per heavy atom. The number of rotatable bonds is 5. The Labute approximate surface area is 171 Å². The molecule has 0 fully saturated rings.